The average Bonchev–Trinajstić information content (AvgIpc) is 3.08. The summed E-state index contributed by atoms with van der Waals surface area (Å²) in [6, 6.07) is 6.14. The molecule has 0 N–H and O–H groups in total. The second-order valence-electron chi connectivity index (χ2n) is 7.19. The van der Waals surface area contributed by atoms with Gasteiger partial charge >= 0.3 is 115 Å². The van der Waals surface area contributed by atoms with E-state index in [0.29, 0.717) is 19.7 Å². The summed E-state index contributed by atoms with van der Waals surface area (Å²) < 4.78 is 14.3. The Morgan fingerprint density at radius 1 is 1.14 bits per heavy atom. The standard InChI is InChI=1S/C21H30N4O3Te/c1-16-6-7-17(2)25(16)20-14-19(27-3)18(15-22-20)23-8-10-24(11-9-23)21(26)28-12-4-5-13-29/h6-7,14-15,29H,4-5,8-13H2,1-3H3. The van der Waals surface area contributed by atoms with Crippen molar-refractivity contribution in [3.63, 3.8) is 0 Å². The Labute approximate surface area is 185 Å². The van der Waals surface area contributed by atoms with Crippen molar-refractivity contribution < 1.29 is 14.3 Å². The molecular weight excluding hydrogens is 484 g/mol. The van der Waals surface area contributed by atoms with Crippen LogP contribution in [-0.4, -0.2) is 82.7 Å². The molecule has 1 aliphatic rings. The van der Waals surface area contributed by atoms with Gasteiger partial charge < -0.3 is 9.30 Å². The number of rotatable bonds is 7. The zero-order valence-corrected chi connectivity index (χ0v) is 20.0. The van der Waals surface area contributed by atoms with Crippen molar-refractivity contribution in [1.29, 1.82) is 0 Å². The van der Waals surface area contributed by atoms with E-state index >= 15 is 0 Å². The van der Waals surface area contributed by atoms with Crippen molar-refractivity contribution in [2.45, 2.75) is 31.2 Å². The fraction of sp³-hybridized carbons (Fsp3) is 0.524. The van der Waals surface area contributed by atoms with Crippen LogP contribution in [0.25, 0.3) is 5.82 Å². The van der Waals surface area contributed by atoms with Gasteiger partial charge in [-0.25, -0.2) is 4.98 Å². The van der Waals surface area contributed by atoms with Crippen molar-refractivity contribution in [2.24, 2.45) is 0 Å². The minimum atomic E-state index is -0.204. The molecule has 2 aromatic rings. The molecule has 29 heavy (non-hydrogen) atoms. The van der Waals surface area contributed by atoms with E-state index in [1.54, 1.807) is 34.3 Å². The number of nitrogens with zero attached hydrogens (tertiary/aromatic N) is 4. The number of aromatic nitrogens is 2. The summed E-state index contributed by atoms with van der Waals surface area (Å²) in [5, 5.41) is 0. The second-order valence-corrected chi connectivity index (χ2v) is 8.46. The molecule has 0 spiro atoms. The number of anilines is 1. The van der Waals surface area contributed by atoms with Gasteiger partial charge in [0, 0.05) is 17.5 Å². The van der Waals surface area contributed by atoms with Gasteiger partial charge in [0.1, 0.15) is 5.82 Å². The first kappa shape index (κ1) is 21.8. The molecule has 3 rings (SSSR count). The van der Waals surface area contributed by atoms with Crippen molar-refractivity contribution >= 4 is 34.1 Å². The molecule has 0 saturated carbocycles. The first-order chi connectivity index (χ1) is 14.0. The van der Waals surface area contributed by atoms with Crippen molar-refractivity contribution in [1.82, 2.24) is 14.5 Å². The van der Waals surface area contributed by atoms with Crippen LogP contribution in [0.1, 0.15) is 24.2 Å². The Balaban J connectivity index is 1.64. The molecule has 0 unspecified atom stereocenters. The molecule has 0 aromatic carbocycles. The third kappa shape index (κ3) is 5.17. The number of ether oxygens (including phenoxy) is 2. The molecule has 158 valence electrons. The van der Waals surface area contributed by atoms with Gasteiger partial charge in [-0.15, -0.1) is 0 Å². The summed E-state index contributed by atoms with van der Waals surface area (Å²) in [4.78, 5) is 20.9. The number of pyridine rings is 1. The first-order valence-corrected chi connectivity index (χ1v) is 11.8. The SMILES string of the molecule is COc1cc(-n2c(C)ccc2C)ncc1N1CCN(C(=O)OCCCC[TeH])CC1. The minimum absolute atomic E-state index is 0.204. The summed E-state index contributed by atoms with van der Waals surface area (Å²) in [5.74, 6) is 1.64. The molecule has 1 fully saturated rings. The molecule has 8 heteroatoms. The van der Waals surface area contributed by atoms with Crippen LogP contribution in [0.15, 0.2) is 24.4 Å². The van der Waals surface area contributed by atoms with Gasteiger partial charge in [-0.3, -0.25) is 0 Å². The van der Waals surface area contributed by atoms with E-state index in [9.17, 15) is 4.79 Å². The normalized spacial score (nSPS) is 14.2. The number of methoxy groups -OCH3 is 1. The summed E-state index contributed by atoms with van der Waals surface area (Å²) in [5.41, 5.74) is 3.23. The molecule has 0 aliphatic carbocycles. The summed E-state index contributed by atoms with van der Waals surface area (Å²) in [6.07, 6.45) is 3.72. The van der Waals surface area contributed by atoms with Gasteiger partial charge in [-0.1, -0.05) is 0 Å². The summed E-state index contributed by atoms with van der Waals surface area (Å²) >= 11 is 1.80. The van der Waals surface area contributed by atoms with Crippen molar-refractivity contribution in [3.8, 4) is 11.6 Å². The van der Waals surface area contributed by atoms with E-state index in [-0.39, 0.29) is 6.09 Å². The molecule has 1 amide bonds. The molecule has 3 heterocycles. The van der Waals surface area contributed by atoms with Crippen molar-refractivity contribution in [2.75, 3.05) is 44.8 Å². The number of carbonyl (C=O) groups excluding carboxylic acids is 1. The molecule has 1 saturated heterocycles. The predicted octanol–water partition coefficient (Wildman–Crippen LogP) is 2.86. The molecular formula is C21H30N4O3Te. The number of unbranched alkanes of at least 4 members (excludes halogenated alkanes) is 1. The van der Waals surface area contributed by atoms with Gasteiger partial charge in [0.15, 0.2) is 0 Å². The Morgan fingerprint density at radius 3 is 2.45 bits per heavy atom. The number of aryl methyl sites for hydroxylation is 2. The predicted molar refractivity (Wildman–Crippen MR) is 116 cm³/mol. The zero-order chi connectivity index (χ0) is 20.8. The van der Waals surface area contributed by atoms with E-state index in [0.717, 1.165) is 54.6 Å². The van der Waals surface area contributed by atoms with Crippen molar-refractivity contribution in [3.05, 3.63) is 35.8 Å². The van der Waals surface area contributed by atoms with Crippen LogP contribution in [0.3, 0.4) is 0 Å². The summed E-state index contributed by atoms with van der Waals surface area (Å²) in [6.45, 7) is 7.37. The van der Waals surface area contributed by atoms with E-state index in [1.165, 1.54) is 4.47 Å². The van der Waals surface area contributed by atoms with E-state index in [2.05, 4.69) is 40.4 Å². The van der Waals surface area contributed by atoms with Gasteiger partial charge in [-0.2, -0.15) is 0 Å². The van der Waals surface area contributed by atoms with Gasteiger partial charge in [0.05, 0.1) is 7.11 Å². The molecule has 7 nitrogen and oxygen atoms in total. The Bertz CT molecular complexity index is 812. The Morgan fingerprint density at radius 2 is 1.83 bits per heavy atom. The Kier molecular flexibility index (Phi) is 7.68. The first-order valence-electron chi connectivity index (χ1n) is 10.0. The molecule has 0 radical (unpaired) electrons. The topological polar surface area (TPSA) is 59.8 Å². The average molecular weight is 514 g/mol. The van der Waals surface area contributed by atoms with Crippen LogP contribution in [0.4, 0.5) is 10.5 Å². The van der Waals surface area contributed by atoms with Crippen LogP contribution in [-0.2, 0) is 4.74 Å². The third-order valence-corrected chi connectivity index (χ3v) is 6.11. The van der Waals surface area contributed by atoms with Crippen LogP contribution >= 0.6 is 0 Å². The van der Waals surface area contributed by atoms with Gasteiger partial charge in [-0.05, 0) is 26.0 Å². The van der Waals surface area contributed by atoms with E-state index < -0.39 is 0 Å². The molecule has 2 aromatic heterocycles. The Hall–Kier alpha value is -1.91. The van der Waals surface area contributed by atoms with E-state index in [4.69, 9.17) is 9.47 Å². The second kappa shape index (κ2) is 10.2. The van der Waals surface area contributed by atoms with Crippen LogP contribution in [0, 0.1) is 13.8 Å². The third-order valence-electron chi connectivity index (χ3n) is 5.21. The number of carbonyl (C=O) groups is 1. The van der Waals surface area contributed by atoms with Crippen LogP contribution in [0.5, 0.6) is 5.75 Å². The van der Waals surface area contributed by atoms with Gasteiger partial charge in [0.2, 0.25) is 0 Å². The van der Waals surface area contributed by atoms with Crippen LogP contribution < -0.4 is 9.64 Å². The molecule has 0 atom stereocenters. The monoisotopic (exact) mass is 516 g/mol. The maximum absolute atomic E-state index is 12.2. The fourth-order valence-corrected chi connectivity index (χ4v) is 4.21. The fourth-order valence-electron chi connectivity index (χ4n) is 3.57. The molecule has 1 aliphatic heterocycles. The quantitative estimate of drug-likeness (QED) is 0.421. The number of amides is 1. The molecule has 0 bridgehead atoms. The number of piperazine rings is 1. The summed E-state index contributed by atoms with van der Waals surface area (Å²) in [7, 11) is 1.68. The van der Waals surface area contributed by atoms with E-state index in [1.807, 2.05) is 12.3 Å². The van der Waals surface area contributed by atoms with Crippen LogP contribution in [0.2, 0.25) is 4.47 Å². The van der Waals surface area contributed by atoms with Gasteiger partial charge in [0.25, 0.3) is 0 Å². The number of hydrogen-bond donors (Lipinski definition) is 0. The number of hydrogen-bond acceptors (Lipinski definition) is 5. The maximum atomic E-state index is 12.2. The zero-order valence-electron chi connectivity index (χ0n) is 17.4.